The van der Waals surface area contributed by atoms with Crippen LogP contribution in [0.15, 0.2) is 36.4 Å². The number of carbonyl (C=O) groups is 2. The minimum Gasteiger partial charge on any atom is -0.354 e. The first-order chi connectivity index (χ1) is 15.9. The number of carbonyl (C=O) groups excluding carboxylic acids is 2. The van der Waals surface area contributed by atoms with E-state index in [9.17, 15) is 18.0 Å². The van der Waals surface area contributed by atoms with Crippen molar-refractivity contribution in [1.82, 2.24) is 10.2 Å². The quantitative estimate of drug-likeness (QED) is 0.468. The largest absolute Gasteiger partial charge is 0.354 e. The molecular formula is C23H28Cl3N3O4S. The molecule has 2 aromatic rings. The molecule has 0 heterocycles. The molecule has 0 aliphatic carbocycles. The average molecular weight is 549 g/mol. The number of hydrogen-bond acceptors (Lipinski definition) is 4. The Hall–Kier alpha value is -2.00. The Morgan fingerprint density at radius 2 is 1.59 bits per heavy atom. The van der Waals surface area contributed by atoms with Crippen molar-refractivity contribution in [1.29, 1.82) is 0 Å². The zero-order chi connectivity index (χ0) is 25.6. The van der Waals surface area contributed by atoms with Gasteiger partial charge in [-0.3, -0.25) is 13.9 Å². The molecule has 2 amide bonds. The van der Waals surface area contributed by atoms with E-state index in [1.807, 2.05) is 6.92 Å². The van der Waals surface area contributed by atoms with Gasteiger partial charge >= 0.3 is 0 Å². The van der Waals surface area contributed by atoms with Crippen LogP contribution in [0.2, 0.25) is 15.1 Å². The lowest BCUT2D eigenvalue weighted by Crippen LogP contribution is -2.51. The molecule has 186 valence electrons. The van der Waals surface area contributed by atoms with Gasteiger partial charge in [-0.1, -0.05) is 53.9 Å². The van der Waals surface area contributed by atoms with Gasteiger partial charge in [-0.05, 0) is 50.1 Å². The molecule has 11 heteroatoms. The van der Waals surface area contributed by atoms with E-state index in [1.54, 1.807) is 50.2 Å². The predicted octanol–water partition coefficient (Wildman–Crippen LogP) is 4.66. The number of nitrogens with zero attached hydrogens (tertiary/aromatic N) is 2. The van der Waals surface area contributed by atoms with Crippen LogP contribution < -0.4 is 9.62 Å². The summed E-state index contributed by atoms with van der Waals surface area (Å²) in [5.41, 5.74) is 1.25. The summed E-state index contributed by atoms with van der Waals surface area (Å²) in [5.74, 6) is -0.969. The summed E-state index contributed by atoms with van der Waals surface area (Å²) in [5, 5.41) is 3.79. The Kier molecular flexibility index (Phi) is 10.1. The molecule has 34 heavy (non-hydrogen) atoms. The van der Waals surface area contributed by atoms with Crippen LogP contribution in [0.1, 0.15) is 31.4 Å². The molecule has 1 unspecified atom stereocenters. The third-order valence-corrected chi connectivity index (χ3v) is 7.54. The lowest BCUT2D eigenvalue weighted by molar-refractivity contribution is -0.139. The predicted molar refractivity (Wildman–Crippen MR) is 138 cm³/mol. The number of rotatable bonds is 10. The first-order valence-corrected chi connectivity index (χ1v) is 13.6. The maximum Gasteiger partial charge on any atom is 0.244 e. The number of sulfonamides is 1. The first kappa shape index (κ1) is 28.2. The van der Waals surface area contributed by atoms with E-state index in [2.05, 4.69) is 5.32 Å². The Labute approximate surface area is 216 Å². The van der Waals surface area contributed by atoms with Crippen molar-refractivity contribution < 1.29 is 18.0 Å². The van der Waals surface area contributed by atoms with Crippen LogP contribution in [-0.2, 0) is 26.2 Å². The van der Waals surface area contributed by atoms with Gasteiger partial charge < -0.3 is 10.2 Å². The third-order valence-electron chi connectivity index (χ3n) is 5.29. The minimum absolute atomic E-state index is 0.0792. The van der Waals surface area contributed by atoms with Crippen molar-refractivity contribution in [3.63, 3.8) is 0 Å². The van der Waals surface area contributed by atoms with Crippen molar-refractivity contribution in [2.75, 3.05) is 23.7 Å². The molecule has 0 aromatic heterocycles. The molecule has 0 bridgehead atoms. The van der Waals surface area contributed by atoms with Crippen LogP contribution in [0.4, 0.5) is 5.69 Å². The van der Waals surface area contributed by atoms with Gasteiger partial charge in [0.1, 0.15) is 12.6 Å². The highest BCUT2D eigenvalue weighted by atomic mass is 35.5. The molecule has 0 fully saturated rings. The van der Waals surface area contributed by atoms with E-state index < -0.39 is 28.5 Å². The van der Waals surface area contributed by atoms with Gasteiger partial charge in [-0.2, -0.15) is 0 Å². The monoisotopic (exact) mass is 547 g/mol. The van der Waals surface area contributed by atoms with Crippen LogP contribution in [0.5, 0.6) is 0 Å². The molecule has 0 saturated carbocycles. The highest BCUT2D eigenvalue weighted by molar-refractivity contribution is 7.92. The van der Waals surface area contributed by atoms with Crippen LogP contribution in [0, 0.1) is 6.92 Å². The molecular weight excluding hydrogens is 521 g/mol. The summed E-state index contributed by atoms with van der Waals surface area (Å²) in [7, 11) is -3.86. The number of anilines is 1. The molecule has 1 N–H and O–H groups in total. The summed E-state index contributed by atoms with van der Waals surface area (Å²) in [6.45, 7) is 4.98. The summed E-state index contributed by atoms with van der Waals surface area (Å²) in [6.07, 6.45) is 1.73. The molecule has 0 aliphatic rings. The molecule has 0 spiro atoms. The van der Waals surface area contributed by atoms with Crippen molar-refractivity contribution in [3.8, 4) is 0 Å². The summed E-state index contributed by atoms with van der Waals surface area (Å²) >= 11 is 18.8. The average Bonchev–Trinajstić information content (AvgIpc) is 2.76. The van der Waals surface area contributed by atoms with Gasteiger partial charge in [-0.15, -0.1) is 0 Å². The molecule has 7 nitrogen and oxygen atoms in total. The van der Waals surface area contributed by atoms with E-state index in [0.29, 0.717) is 32.7 Å². The van der Waals surface area contributed by atoms with Gasteiger partial charge in [0.2, 0.25) is 21.8 Å². The lowest BCUT2D eigenvalue weighted by atomic mass is 10.1. The first-order valence-electron chi connectivity index (χ1n) is 10.6. The van der Waals surface area contributed by atoms with Gasteiger partial charge in [-0.25, -0.2) is 8.42 Å². The van der Waals surface area contributed by atoms with Crippen molar-refractivity contribution >= 4 is 62.3 Å². The zero-order valence-electron chi connectivity index (χ0n) is 19.4. The zero-order valence-corrected chi connectivity index (χ0v) is 22.5. The number of hydrogen-bond donors (Lipinski definition) is 1. The molecule has 2 aromatic carbocycles. The SMILES string of the molecule is CCCNC(=O)C(C)N(Cc1c(Cl)cccc1Cl)C(=O)CN(c1cccc(Cl)c1C)S(C)(=O)=O. The van der Waals surface area contributed by atoms with Crippen LogP contribution in [-0.4, -0.2) is 50.5 Å². The number of benzene rings is 2. The second kappa shape index (κ2) is 12.1. The summed E-state index contributed by atoms with van der Waals surface area (Å²) in [4.78, 5) is 27.6. The summed E-state index contributed by atoms with van der Waals surface area (Å²) in [6, 6.07) is 8.83. The van der Waals surface area contributed by atoms with E-state index in [4.69, 9.17) is 34.8 Å². The number of nitrogens with one attached hydrogen (secondary N) is 1. The Morgan fingerprint density at radius 1 is 1.03 bits per heavy atom. The molecule has 0 saturated heterocycles. The van der Waals surface area contributed by atoms with Crippen LogP contribution in [0.25, 0.3) is 0 Å². The minimum atomic E-state index is -3.86. The Bertz CT molecular complexity index is 1140. The van der Waals surface area contributed by atoms with Crippen LogP contribution in [0.3, 0.4) is 0 Å². The molecule has 2 rings (SSSR count). The highest BCUT2D eigenvalue weighted by Crippen LogP contribution is 2.30. The lowest BCUT2D eigenvalue weighted by Gasteiger charge is -2.32. The van der Waals surface area contributed by atoms with Crippen molar-refractivity contribution in [3.05, 3.63) is 62.6 Å². The van der Waals surface area contributed by atoms with Gasteiger partial charge in [0, 0.05) is 33.7 Å². The number of amides is 2. The van der Waals surface area contributed by atoms with E-state index in [1.165, 1.54) is 4.90 Å². The standard InChI is InChI=1S/C23H28Cl3N3O4S/c1-5-12-27-23(31)16(3)28(13-17-19(25)9-6-10-20(17)26)22(30)14-29(34(4,32)33)21-11-7-8-18(24)15(21)2/h6-11,16H,5,12-14H2,1-4H3,(H,27,31). The van der Waals surface area contributed by atoms with Gasteiger partial charge in [0.05, 0.1) is 11.9 Å². The van der Waals surface area contributed by atoms with E-state index in [-0.39, 0.29) is 18.1 Å². The van der Waals surface area contributed by atoms with E-state index >= 15 is 0 Å². The fourth-order valence-electron chi connectivity index (χ4n) is 3.29. The van der Waals surface area contributed by atoms with Crippen LogP contribution >= 0.6 is 34.8 Å². The maximum absolute atomic E-state index is 13.5. The molecule has 0 aliphatic heterocycles. The van der Waals surface area contributed by atoms with E-state index in [0.717, 1.165) is 17.0 Å². The second-order valence-electron chi connectivity index (χ2n) is 7.84. The fourth-order valence-corrected chi connectivity index (χ4v) is 4.88. The summed E-state index contributed by atoms with van der Waals surface area (Å²) < 4.78 is 26.3. The van der Waals surface area contributed by atoms with Crippen molar-refractivity contribution in [2.24, 2.45) is 0 Å². The Morgan fingerprint density at radius 3 is 2.15 bits per heavy atom. The second-order valence-corrected chi connectivity index (χ2v) is 11.0. The third kappa shape index (κ3) is 7.01. The normalized spacial score (nSPS) is 12.2. The number of halogens is 3. The smallest absolute Gasteiger partial charge is 0.244 e. The fraction of sp³-hybridized carbons (Fsp3) is 0.391. The van der Waals surface area contributed by atoms with Gasteiger partial charge in [0.15, 0.2) is 0 Å². The molecule has 1 atom stereocenters. The van der Waals surface area contributed by atoms with Gasteiger partial charge in [0.25, 0.3) is 0 Å². The highest BCUT2D eigenvalue weighted by Gasteiger charge is 2.31. The van der Waals surface area contributed by atoms with Crippen molar-refractivity contribution in [2.45, 2.75) is 39.8 Å². The molecule has 0 radical (unpaired) electrons. The maximum atomic E-state index is 13.5. The topological polar surface area (TPSA) is 86.8 Å². The Balaban J connectivity index is 2.48.